The van der Waals surface area contributed by atoms with Crippen LogP contribution in [0.2, 0.25) is 0 Å². The van der Waals surface area contributed by atoms with Gasteiger partial charge in [0.15, 0.2) is 5.78 Å². The Kier molecular flexibility index (Phi) is 9.86. The number of hydrogen-bond acceptors (Lipinski definition) is 4. The number of rotatable bonds is 9. The number of benzene rings is 2. The topological polar surface area (TPSA) is 26.3 Å². The lowest BCUT2D eigenvalue weighted by atomic mass is 10.1. The van der Waals surface area contributed by atoms with E-state index in [0.717, 1.165) is 18.2 Å². The first kappa shape index (κ1) is 27.6. The predicted octanol–water partition coefficient (Wildman–Crippen LogP) is 8.03. The molecule has 0 saturated carbocycles. The van der Waals surface area contributed by atoms with Crippen molar-refractivity contribution in [2.75, 3.05) is 0 Å². The molecular weight excluding hydrogens is 511 g/mol. The monoisotopic (exact) mass is 524 g/mol. The molecule has 0 aliphatic carbocycles. The summed E-state index contributed by atoms with van der Waals surface area (Å²) in [5.74, 6) is -1.25. The Hall–Kier alpha value is -2.67. The van der Waals surface area contributed by atoms with Gasteiger partial charge in [-0.15, -0.1) is 0 Å². The van der Waals surface area contributed by atoms with Crippen molar-refractivity contribution in [2.24, 2.45) is 0 Å². The van der Waals surface area contributed by atoms with Crippen LogP contribution in [0.4, 0.5) is 35.0 Å². The molecule has 2 nitrogen and oxygen atoms in total. The molecule has 0 aromatic heterocycles. The van der Waals surface area contributed by atoms with Crippen LogP contribution in [0.3, 0.4) is 0 Å². The van der Waals surface area contributed by atoms with Crippen LogP contribution in [-0.4, -0.2) is 24.3 Å². The molecule has 0 radical (unpaired) electrons. The molecule has 0 N–H and O–H groups in total. The summed E-state index contributed by atoms with van der Waals surface area (Å²) in [6, 6.07) is 10.2. The van der Waals surface area contributed by atoms with Gasteiger partial charge in [0.1, 0.15) is 5.76 Å². The van der Waals surface area contributed by atoms with E-state index >= 15 is 0 Å². The molecule has 180 valence electrons. The highest BCUT2D eigenvalue weighted by Crippen LogP contribution is 2.37. The van der Waals surface area contributed by atoms with Crippen molar-refractivity contribution in [1.82, 2.24) is 0 Å². The molecule has 2 aromatic carbocycles. The maximum atomic E-state index is 12.7. The van der Waals surface area contributed by atoms with Gasteiger partial charge >= 0.3 is 18.5 Å². The standard InChI is InChI=1S/C21H13BF8O2S2/c23-20(24,25)33-18-9-3-14(4-10-18)1-7-16(31)13-17(32-22(29)30)8-2-15-5-11-19(12-6-15)34-21(26,27)28/h1-13H/b7-1+,8-2+,17-13-. The third-order valence-electron chi connectivity index (χ3n) is 3.62. The smallest absolute Gasteiger partial charge is 0.505 e. The highest BCUT2D eigenvalue weighted by atomic mass is 32.2. The van der Waals surface area contributed by atoms with Gasteiger partial charge in [0.2, 0.25) is 0 Å². The molecule has 0 bridgehead atoms. The molecule has 2 rings (SSSR count). The fraction of sp³-hybridized carbons (Fsp3) is 0.0952. The van der Waals surface area contributed by atoms with Crippen LogP contribution < -0.4 is 0 Å². The zero-order valence-electron chi connectivity index (χ0n) is 16.7. The largest absolute Gasteiger partial charge is 0.796 e. The van der Waals surface area contributed by atoms with Crippen LogP contribution in [0.5, 0.6) is 0 Å². The second kappa shape index (κ2) is 12.2. The molecule has 13 heteroatoms. The second-order valence-corrected chi connectivity index (χ2v) is 8.50. The van der Waals surface area contributed by atoms with Gasteiger partial charge in [0.05, 0.1) is 0 Å². The molecule has 34 heavy (non-hydrogen) atoms. The minimum Gasteiger partial charge on any atom is -0.505 e. The summed E-state index contributed by atoms with van der Waals surface area (Å²) in [6.07, 6.45) is 5.37. The SMILES string of the molecule is O=C(/C=C(/C=C/c1ccc(SC(F)(F)F)cc1)OB(F)F)/C=C/c1ccc(SC(F)(F)F)cc1. The van der Waals surface area contributed by atoms with E-state index in [0.29, 0.717) is 11.1 Å². The molecule has 0 unspecified atom stereocenters. The van der Waals surface area contributed by atoms with Crippen LogP contribution in [0.25, 0.3) is 12.2 Å². The zero-order chi connectivity index (χ0) is 25.4. The summed E-state index contributed by atoms with van der Waals surface area (Å²) in [5.41, 5.74) is -8.11. The first-order valence-corrected chi connectivity index (χ1v) is 10.7. The lowest BCUT2D eigenvalue weighted by Gasteiger charge is -2.05. The average Bonchev–Trinajstić information content (AvgIpc) is 2.70. The average molecular weight is 524 g/mol. The van der Waals surface area contributed by atoms with E-state index in [2.05, 4.69) is 4.65 Å². The van der Waals surface area contributed by atoms with Gasteiger partial charge in [-0.2, -0.15) is 26.3 Å². The summed E-state index contributed by atoms with van der Waals surface area (Å²) >= 11 is -0.598. The Balaban J connectivity index is 2.08. The molecule has 0 amide bonds. The molecule has 0 saturated heterocycles. The van der Waals surface area contributed by atoms with E-state index in [1.165, 1.54) is 60.7 Å². The summed E-state index contributed by atoms with van der Waals surface area (Å²) in [4.78, 5) is 12.0. The molecule has 0 fully saturated rings. The third kappa shape index (κ3) is 11.5. The normalized spacial score (nSPS) is 13.0. The number of allylic oxidation sites excluding steroid dienone is 3. The van der Waals surface area contributed by atoms with E-state index in [1.807, 2.05) is 0 Å². The Bertz CT molecular complexity index is 1040. The number of hydrogen-bond donors (Lipinski definition) is 0. The quantitative estimate of drug-likeness (QED) is 0.0829. The highest BCUT2D eigenvalue weighted by molar-refractivity contribution is 8.00. The van der Waals surface area contributed by atoms with Gasteiger partial charge in [-0.3, -0.25) is 4.79 Å². The van der Waals surface area contributed by atoms with Gasteiger partial charge in [-0.05, 0) is 71.1 Å². The van der Waals surface area contributed by atoms with E-state index in [1.54, 1.807) is 0 Å². The van der Waals surface area contributed by atoms with Gasteiger partial charge in [0.25, 0.3) is 0 Å². The molecule has 0 atom stereocenters. The van der Waals surface area contributed by atoms with Crippen LogP contribution in [-0.2, 0) is 9.45 Å². The van der Waals surface area contributed by atoms with Crippen LogP contribution in [0.15, 0.2) is 82.3 Å². The van der Waals surface area contributed by atoms with Crippen LogP contribution in [0, 0.1) is 0 Å². The number of carbonyl (C=O) groups excluding carboxylic acids is 1. The van der Waals surface area contributed by atoms with Gasteiger partial charge < -0.3 is 4.65 Å². The summed E-state index contributed by atoms with van der Waals surface area (Å²) in [5, 5.41) is 0. The number of carbonyl (C=O) groups is 1. The fourth-order valence-corrected chi connectivity index (χ4v) is 3.41. The first-order chi connectivity index (χ1) is 15.8. The maximum absolute atomic E-state index is 12.7. The van der Waals surface area contributed by atoms with Crippen molar-refractivity contribution in [1.29, 1.82) is 0 Å². The van der Waals surface area contributed by atoms with Crippen molar-refractivity contribution in [3.05, 3.63) is 83.6 Å². The fourth-order valence-electron chi connectivity index (χ4n) is 2.33. The Morgan fingerprint density at radius 2 is 1.15 bits per heavy atom. The Labute approximate surface area is 198 Å². The van der Waals surface area contributed by atoms with Crippen molar-refractivity contribution in [3.63, 3.8) is 0 Å². The second-order valence-electron chi connectivity index (χ2n) is 6.23. The summed E-state index contributed by atoms with van der Waals surface area (Å²) in [7, 11) is -3.24. The zero-order valence-corrected chi connectivity index (χ0v) is 18.4. The number of halogens is 8. The highest BCUT2D eigenvalue weighted by Gasteiger charge is 2.29. The molecule has 0 aliphatic rings. The minimum absolute atomic E-state index is 0.0429. The van der Waals surface area contributed by atoms with Crippen LogP contribution >= 0.6 is 23.5 Å². The summed E-state index contributed by atoms with van der Waals surface area (Å²) < 4.78 is 104. The van der Waals surface area contributed by atoms with Gasteiger partial charge in [-0.1, -0.05) is 36.4 Å². The van der Waals surface area contributed by atoms with Crippen molar-refractivity contribution in [2.45, 2.75) is 20.8 Å². The van der Waals surface area contributed by atoms with Gasteiger partial charge in [0, 0.05) is 15.9 Å². The summed E-state index contributed by atoms with van der Waals surface area (Å²) in [6.45, 7) is 0. The predicted molar refractivity (Wildman–Crippen MR) is 117 cm³/mol. The molecule has 0 heterocycles. The molecule has 2 aromatic rings. The van der Waals surface area contributed by atoms with E-state index in [9.17, 15) is 39.8 Å². The Morgan fingerprint density at radius 1 is 0.735 bits per heavy atom. The van der Waals surface area contributed by atoms with Crippen molar-refractivity contribution in [3.8, 4) is 0 Å². The number of alkyl halides is 6. The molecular formula is C21H13BF8O2S2. The maximum Gasteiger partial charge on any atom is 0.796 e. The van der Waals surface area contributed by atoms with Gasteiger partial charge in [-0.25, -0.2) is 8.63 Å². The van der Waals surface area contributed by atoms with E-state index < -0.39 is 30.0 Å². The minimum atomic E-state index is -4.45. The Morgan fingerprint density at radius 3 is 1.53 bits per heavy atom. The van der Waals surface area contributed by atoms with Crippen molar-refractivity contribution < 1.29 is 44.4 Å². The van der Waals surface area contributed by atoms with E-state index in [-0.39, 0.29) is 33.3 Å². The van der Waals surface area contributed by atoms with Crippen LogP contribution in [0.1, 0.15) is 11.1 Å². The lowest BCUT2D eigenvalue weighted by molar-refractivity contribution is -0.110. The third-order valence-corrected chi connectivity index (χ3v) is 5.10. The number of thioether (sulfide) groups is 2. The molecule has 0 aliphatic heterocycles. The lowest BCUT2D eigenvalue weighted by Crippen LogP contribution is -2.04. The van der Waals surface area contributed by atoms with E-state index in [4.69, 9.17) is 0 Å². The first-order valence-electron chi connectivity index (χ1n) is 9.07. The molecule has 0 spiro atoms. The number of ketones is 1. The van der Waals surface area contributed by atoms with Crippen molar-refractivity contribution >= 4 is 48.9 Å².